The van der Waals surface area contributed by atoms with Crippen LogP contribution in [-0.2, 0) is 6.54 Å². The van der Waals surface area contributed by atoms with Gasteiger partial charge in [-0.3, -0.25) is 0 Å². The van der Waals surface area contributed by atoms with Gasteiger partial charge in [0, 0.05) is 19.5 Å². The smallest absolute Gasteiger partial charge is 0.134 e. The highest BCUT2D eigenvalue weighted by molar-refractivity contribution is 6.32. The van der Waals surface area contributed by atoms with Crippen molar-refractivity contribution >= 4 is 11.6 Å². The lowest BCUT2D eigenvalue weighted by molar-refractivity contribution is 0.475. The van der Waals surface area contributed by atoms with Crippen molar-refractivity contribution in [2.24, 2.45) is 0 Å². The predicted octanol–water partition coefficient (Wildman–Crippen LogP) is 2.55. The first-order chi connectivity index (χ1) is 7.24. The van der Waals surface area contributed by atoms with Crippen LogP contribution in [0.3, 0.4) is 0 Å². The SMILES string of the molecule is CC#CCCNCc1ccc(O)c(Cl)c1. The molecule has 0 fully saturated rings. The Bertz CT molecular complexity index is 379. The van der Waals surface area contributed by atoms with Gasteiger partial charge in [-0.15, -0.1) is 11.8 Å². The maximum absolute atomic E-state index is 9.21. The maximum atomic E-state index is 9.21. The minimum absolute atomic E-state index is 0.122. The Morgan fingerprint density at radius 3 is 2.93 bits per heavy atom. The molecule has 2 nitrogen and oxygen atoms in total. The molecule has 0 saturated carbocycles. The molecule has 0 aliphatic heterocycles. The standard InChI is InChI=1S/C12H14ClNO/c1-2-3-4-7-14-9-10-5-6-12(15)11(13)8-10/h5-6,8,14-15H,4,7,9H2,1H3. The summed E-state index contributed by atoms with van der Waals surface area (Å²) in [5, 5.41) is 12.8. The lowest BCUT2D eigenvalue weighted by Crippen LogP contribution is -2.13. The van der Waals surface area contributed by atoms with E-state index in [-0.39, 0.29) is 5.75 Å². The van der Waals surface area contributed by atoms with Crippen molar-refractivity contribution in [1.82, 2.24) is 5.32 Å². The molecule has 0 saturated heterocycles. The molecule has 0 aliphatic rings. The second-order valence-electron chi connectivity index (χ2n) is 3.14. The zero-order valence-electron chi connectivity index (χ0n) is 8.68. The number of phenols is 1. The van der Waals surface area contributed by atoms with Crippen molar-refractivity contribution < 1.29 is 5.11 Å². The van der Waals surface area contributed by atoms with Crippen molar-refractivity contribution in [3.05, 3.63) is 28.8 Å². The van der Waals surface area contributed by atoms with Gasteiger partial charge in [0.2, 0.25) is 0 Å². The summed E-state index contributed by atoms with van der Waals surface area (Å²) in [5.41, 5.74) is 1.06. The van der Waals surface area contributed by atoms with Crippen LogP contribution in [0.2, 0.25) is 5.02 Å². The quantitative estimate of drug-likeness (QED) is 0.608. The molecule has 15 heavy (non-hydrogen) atoms. The molecule has 1 aromatic rings. The van der Waals surface area contributed by atoms with Crippen molar-refractivity contribution in [1.29, 1.82) is 0 Å². The number of benzene rings is 1. The van der Waals surface area contributed by atoms with E-state index in [1.165, 1.54) is 0 Å². The topological polar surface area (TPSA) is 32.3 Å². The fourth-order valence-corrected chi connectivity index (χ4v) is 1.37. The first-order valence-electron chi connectivity index (χ1n) is 4.81. The Morgan fingerprint density at radius 2 is 2.27 bits per heavy atom. The lowest BCUT2D eigenvalue weighted by Gasteiger charge is -2.04. The van der Waals surface area contributed by atoms with E-state index in [1.54, 1.807) is 12.1 Å². The Kier molecular flexibility index (Phi) is 5.03. The van der Waals surface area contributed by atoms with Gasteiger partial charge in [-0.1, -0.05) is 17.7 Å². The molecule has 0 aliphatic carbocycles. The molecule has 2 N–H and O–H groups in total. The van der Waals surface area contributed by atoms with E-state index in [2.05, 4.69) is 17.2 Å². The molecule has 80 valence electrons. The molecular weight excluding hydrogens is 210 g/mol. The van der Waals surface area contributed by atoms with Crippen molar-refractivity contribution in [3.63, 3.8) is 0 Å². The molecule has 1 rings (SSSR count). The highest BCUT2D eigenvalue weighted by Gasteiger charge is 1.98. The average molecular weight is 224 g/mol. The molecule has 1 aromatic carbocycles. The van der Waals surface area contributed by atoms with Crippen LogP contribution in [0, 0.1) is 11.8 Å². The third-order valence-electron chi connectivity index (χ3n) is 1.94. The van der Waals surface area contributed by atoms with Crippen molar-refractivity contribution in [2.75, 3.05) is 6.54 Å². The Labute approximate surface area is 95.3 Å². The van der Waals surface area contributed by atoms with E-state index in [9.17, 15) is 5.11 Å². The number of hydrogen-bond donors (Lipinski definition) is 2. The van der Waals surface area contributed by atoms with Gasteiger partial charge in [-0.05, 0) is 24.6 Å². The number of phenolic OH excluding ortho intramolecular Hbond substituents is 1. The third kappa shape index (κ3) is 4.24. The fraction of sp³-hybridized carbons (Fsp3) is 0.333. The summed E-state index contributed by atoms with van der Waals surface area (Å²) in [5.74, 6) is 5.94. The Hall–Kier alpha value is -1.17. The van der Waals surface area contributed by atoms with Gasteiger partial charge in [0.1, 0.15) is 5.75 Å². The van der Waals surface area contributed by atoms with Gasteiger partial charge in [0.05, 0.1) is 5.02 Å². The number of halogens is 1. The summed E-state index contributed by atoms with van der Waals surface area (Å²) < 4.78 is 0. The summed E-state index contributed by atoms with van der Waals surface area (Å²) in [6.07, 6.45) is 0.850. The number of aromatic hydroxyl groups is 1. The molecular formula is C12H14ClNO. The fourth-order valence-electron chi connectivity index (χ4n) is 1.17. The minimum Gasteiger partial charge on any atom is -0.506 e. The molecule has 0 heterocycles. The van der Waals surface area contributed by atoms with E-state index >= 15 is 0 Å². The van der Waals surface area contributed by atoms with Gasteiger partial charge in [0.15, 0.2) is 0 Å². The zero-order valence-corrected chi connectivity index (χ0v) is 9.43. The van der Waals surface area contributed by atoms with Crippen LogP contribution in [0.5, 0.6) is 5.75 Å². The van der Waals surface area contributed by atoms with Crippen molar-refractivity contribution in [3.8, 4) is 17.6 Å². The Morgan fingerprint density at radius 1 is 1.47 bits per heavy atom. The first-order valence-corrected chi connectivity index (χ1v) is 5.19. The second-order valence-corrected chi connectivity index (χ2v) is 3.55. The zero-order chi connectivity index (χ0) is 11.1. The normalized spacial score (nSPS) is 9.47. The molecule has 0 spiro atoms. The van der Waals surface area contributed by atoms with Crippen LogP contribution >= 0.6 is 11.6 Å². The van der Waals surface area contributed by atoms with E-state index < -0.39 is 0 Å². The number of hydrogen-bond acceptors (Lipinski definition) is 2. The molecule has 0 unspecified atom stereocenters. The average Bonchev–Trinajstić information content (AvgIpc) is 2.23. The summed E-state index contributed by atoms with van der Waals surface area (Å²) in [6, 6.07) is 5.21. The first kappa shape index (κ1) is 11.9. The molecule has 0 radical (unpaired) electrons. The summed E-state index contributed by atoms with van der Waals surface area (Å²) >= 11 is 5.78. The van der Waals surface area contributed by atoms with Gasteiger partial charge in [0.25, 0.3) is 0 Å². The van der Waals surface area contributed by atoms with E-state index in [4.69, 9.17) is 11.6 Å². The maximum Gasteiger partial charge on any atom is 0.134 e. The summed E-state index contributed by atoms with van der Waals surface area (Å²) in [6.45, 7) is 3.43. The van der Waals surface area contributed by atoms with Gasteiger partial charge >= 0.3 is 0 Å². The minimum atomic E-state index is 0.122. The van der Waals surface area contributed by atoms with Gasteiger partial charge in [-0.2, -0.15) is 0 Å². The molecule has 0 amide bonds. The van der Waals surface area contributed by atoms with Crippen molar-refractivity contribution in [2.45, 2.75) is 19.9 Å². The summed E-state index contributed by atoms with van der Waals surface area (Å²) in [7, 11) is 0. The van der Waals surface area contributed by atoms with Crippen LogP contribution in [0.1, 0.15) is 18.9 Å². The Balaban J connectivity index is 2.36. The highest BCUT2D eigenvalue weighted by atomic mass is 35.5. The van der Waals surface area contributed by atoms with Crippen LogP contribution in [0.15, 0.2) is 18.2 Å². The molecule has 0 aromatic heterocycles. The highest BCUT2D eigenvalue weighted by Crippen LogP contribution is 2.23. The number of nitrogens with one attached hydrogen (secondary N) is 1. The van der Waals surface area contributed by atoms with E-state index in [0.717, 1.165) is 25.1 Å². The van der Waals surface area contributed by atoms with E-state index in [0.29, 0.717) is 5.02 Å². The number of rotatable bonds is 4. The molecule has 0 atom stereocenters. The molecule has 3 heteroatoms. The van der Waals surface area contributed by atoms with Crippen LogP contribution < -0.4 is 5.32 Å². The predicted molar refractivity (Wildman–Crippen MR) is 62.9 cm³/mol. The third-order valence-corrected chi connectivity index (χ3v) is 2.25. The summed E-state index contributed by atoms with van der Waals surface area (Å²) in [4.78, 5) is 0. The van der Waals surface area contributed by atoms with Gasteiger partial charge in [-0.25, -0.2) is 0 Å². The lowest BCUT2D eigenvalue weighted by atomic mass is 10.2. The van der Waals surface area contributed by atoms with E-state index in [1.807, 2.05) is 13.0 Å². The van der Waals surface area contributed by atoms with Crippen LogP contribution in [-0.4, -0.2) is 11.7 Å². The largest absolute Gasteiger partial charge is 0.506 e. The van der Waals surface area contributed by atoms with Crippen LogP contribution in [0.25, 0.3) is 0 Å². The van der Waals surface area contributed by atoms with Gasteiger partial charge < -0.3 is 10.4 Å². The molecule has 0 bridgehead atoms. The van der Waals surface area contributed by atoms with Crippen LogP contribution in [0.4, 0.5) is 0 Å². The monoisotopic (exact) mass is 223 g/mol. The second kappa shape index (κ2) is 6.34.